The second-order valence-corrected chi connectivity index (χ2v) is 21.5. The van der Waals surface area contributed by atoms with E-state index in [0.29, 0.717) is 70.5 Å². The van der Waals surface area contributed by atoms with Crippen molar-refractivity contribution in [2.24, 2.45) is 0 Å². The van der Waals surface area contributed by atoms with Crippen LogP contribution in [-0.2, 0) is 87.6 Å². The second-order valence-electron chi connectivity index (χ2n) is 19.3. The van der Waals surface area contributed by atoms with Gasteiger partial charge in [-0.2, -0.15) is 0 Å². The monoisotopic (exact) mass is 1540 g/mol. The van der Waals surface area contributed by atoms with E-state index in [9.17, 15) is 15.3 Å². The quantitative estimate of drug-likeness (QED) is 0.0932. The van der Waals surface area contributed by atoms with Gasteiger partial charge in [-0.05, 0) is 69.8 Å². The van der Waals surface area contributed by atoms with Crippen LogP contribution in [0.25, 0.3) is 0 Å². The molecule has 0 fully saturated rings. The van der Waals surface area contributed by atoms with E-state index in [1.807, 2.05) is 164 Å². The summed E-state index contributed by atoms with van der Waals surface area (Å²) in [5.74, 6) is 0. The first-order valence-corrected chi connectivity index (χ1v) is 31.2. The Kier molecular flexibility index (Phi) is 35.0. The Hall–Kier alpha value is -8.02. The molecule has 0 aliphatic rings. The van der Waals surface area contributed by atoms with Crippen molar-refractivity contribution in [3.63, 3.8) is 0 Å². The van der Waals surface area contributed by atoms with Crippen molar-refractivity contribution in [1.82, 2.24) is 59.9 Å². The van der Waals surface area contributed by atoms with E-state index in [4.69, 9.17) is 61.0 Å². The predicted molar refractivity (Wildman–Crippen MR) is 297 cm³/mol. The van der Waals surface area contributed by atoms with E-state index in [0.717, 1.165) is 23.8 Å². The molecule has 3 atom stereocenters. The number of hydrogen-bond donors (Lipinski definition) is 1. The van der Waals surface area contributed by atoms with E-state index in [1.54, 1.807) is 124 Å². The van der Waals surface area contributed by atoms with Gasteiger partial charge in [0.15, 0.2) is 0 Å². The number of aliphatic hydroxyl groups is 1. The van der Waals surface area contributed by atoms with Gasteiger partial charge in [0.25, 0.3) is 0 Å². The van der Waals surface area contributed by atoms with Crippen LogP contribution in [0.4, 0.5) is 0 Å². The van der Waals surface area contributed by atoms with Gasteiger partial charge in [0.2, 0.25) is 0 Å². The molecule has 0 spiro atoms. The maximum absolute atomic E-state index is 14.0. The molecule has 34 heteroatoms. The average molecular weight is 1550 g/mol. The van der Waals surface area contributed by atoms with Crippen molar-refractivity contribution in [3.8, 4) is 0 Å². The van der Waals surface area contributed by atoms with E-state index >= 15 is 0 Å². The third-order valence-corrected chi connectivity index (χ3v) is 12.9. The second kappa shape index (κ2) is 40.8. The molecule has 12 rings (SSSR count). The molecule has 0 saturated carbocycles. The molecule has 0 aliphatic carbocycles. The van der Waals surface area contributed by atoms with Crippen LogP contribution in [0.1, 0.15) is 67.5 Å². The molecule has 0 amide bonds. The zero-order valence-electron chi connectivity index (χ0n) is 50.6. The minimum atomic E-state index is -4.94. The zero-order chi connectivity index (χ0) is 69.0. The fourth-order valence-corrected chi connectivity index (χ4v) is 8.94. The molecule has 28 nitrogen and oxygen atoms in total. The number of aromatic nitrogens is 12. The van der Waals surface area contributed by atoms with Crippen LogP contribution < -0.4 is 71.2 Å². The number of nitrogens with zero attached hydrogens (tertiary/aromatic N) is 12. The molecule has 12 aromatic rings. The Bertz CT molecular complexity index is 3530. The first kappa shape index (κ1) is 84.2. The van der Waals surface area contributed by atoms with Crippen molar-refractivity contribution in [3.05, 3.63) is 341 Å². The minimum Gasteiger partial charge on any atom is -0.837 e. The fourth-order valence-electron chi connectivity index (χ4n) is 8.94. The van der Waals surface area contributed by atoms with Crippen LogP contribution in [0.5, 0.6) is 0 Å². The van der Waals surface area contributed by atoms with E-state index < -0.39 is 47.5 Å². The van der Waals surface area contributed by atoms with E-state index in [1.165, 1.54) is 0 Å². The maximum Gasteiger partial charge on any atom is 2.00 e. The number of rotatable bonds is 15. The Morgan fingerprint density at radius 1 is 0.286 bits per heavy atom. The van der Waals surface area contributed by atoms with Gasteiger partial charge in [0.05, 0.1) is 36.7 Å². The molecule has 3 radical (unpaired) electrons. The summed E-state index contributed by atoms with van der Waals surface area (Å²) in [5, 5.41) is 74.1. The summed E-state index contributed by atoms with van der Waals surface area (Å²) in [6, 6.07) is 73.4. The predicted octanol–water partition coefficient (Wildman–Crippen LogP) is -7.55. The van der Waals surface area contributed by atoms with Crippen molar-refractivity contribution in [2.45, 2.75) is 36.4 Å². The van der Waals surface area contributed by atoms with Crippen LogP contribution in [0.3, 0.4) is 0 Å². The molecule has 0 saturated heterocycles. The summed E-state index contributed by atoms with van der Waals surface area (Å²) >= 11 is 0. The van der Waals surface area contributed by atoms with Crippen LogP contribution >= 0.6 is 0 Å². The maximum atomic E-state index is 14.0. The summed E-state index contributed by atoms with van der Waals surface area (Å²) < 4.78 is 107. The van der Waals surface area contributed by atoms with Crippen molar-refractivity contribution in [2.75, 3.05) is 7.11 Å². The standard InChI is InChI=1S/3C21H17N4O.CH4O.3ClHO4.3Cu/c3*26-21(18-11-5-2-6-12-18,19-13-7-8-14-22-19)20-16-25(24-23-20)15-17-9-3-1-4-10-17;1-2;3*2-1(3,4)5;;;/h3*1-14,16H,15H2;2H,1H3;3*(H,2,3,4,5);;;/q3*-1;;;;;3*+2/p-3/t3*21-;;;;;;;/m100......./s1. The summed E-state index contributed by atoms with van der Waals surface area (Å²) in [6.07, 6.45) is 10.0. The molecular formula is C64H55Cl3Cu3N12O16. The number of pyridine rings is 3. The number of benzene rings is 6. The molecule has 0 aliphatic heterocycles. The van der Waals surface area contributed by atoms with Crippen LogP contribution in [0, 0.1) is 30.7 Å². The largest absolute Gasteiger partial charge is 2.00 e. The number of halogens is 3. The Morgan fingerprint density at radius 3 is 0.653 bits per heavy atom. The summed E-state index contributed by atoms with van der Waals surface area (Å²) in [4.78, 5) is 12.9. The molecule has 6 aromatic carbocycles. The molecule has 0 unspecified atom stereocenters. The van der Waals surface area contributed by atoms with Gasteiger partial charge in [-0.15, -0.1) is 46.0 Å². The smallest absolute Gasteiger partial charge is 0.837 e. The topological polar surface area (TPSA) is 497 Å². The first-order chi connectivity index (χ1) is 45.3. The molecule has 6 aromatic heterocycles. The van der Waals surface area contributed by atoms with Crippen molar-refractivity contribution in [1.29, 1.82) is 0 Å². The summed E-state index contributed by atoms with van der Waals surface area (Å²) in [7, 11) is -13.8. The van der Waals surface area contributed by atoms with E-state index in [2.05, 4.69) is 45.9 Å². The van der Waals surface area contributed by atoms with Crippen LogP contribution in [0.2, 0.25) is 0 Å². The van der Waals surface area contributed by atoms with Crippen LogP contribution in [-0.4, -0.2) is 72.1 Å². The van der Waals surface area contributed by atoms with Gasteiger partial charge < -0.3 is 20.4 Å². The van der Waals surface area contributed by atoms with Gasteiger partial charge in [-0.1, -0.05) is 216 Å². The van der Waals surface area contributed by atoms with Crippen molar-refractivity contribution >= 4 is 0 Å². The van der Waals surface area contributed by atoms with Crippen molar-refractivity contribution < 1.29 is 158 Å². The minimum absolute atomic E-state index is 0. The zero-order valence-corrected chi connectivity index (χ0v) is 55.7. The molecule has 1 N–H and O–H groups in total. The normalized spacial score (nSPS) is 12.5. The van der Waals surface area contributed by atoms with Crippen LogP contribution in [0.15, 0.2) is 274 Å². The van der Waals surface area contributed by atoms with Gasteiger partial charge >= 0.3 is 51.2 Å². The third kappa shape index (κ3) is 27.0. The first-order valence-electron chi connectivity index (χ1n) is 27.5. The SMILES string of the molecule is CO.[Cu+2].[Cu+2].[Cu+2].[O-][C@@](c1ccccc1)(c1ccccn1)c1cn(Cc2ccccc2)nn1.[O-][C@@](c1ccccc1)(c1ccccn1)c1cn(Cc2ccccc2)nn1.[O-][C@](c1ccccc1)(c1ccccn1)c1cn(Cc2ccccc2)nn1.[O-][Cl+3]([O-])([O-])[O-].[O-][Cl+3]([O-])([O-])[O-].[O-][Cl+3]([O-])([O-])[O-]. The fraction of sp³-hybridized carbons (Fsp3) is 0.109. The molecule has 6 heterocycles. The van der Waals surface area contributed by atoms with Gasteiger partial charge in [0, 0.05) is 78.2 Å². The summed E-state index contributed by atoms with van der Waals surface area (Å²) in [5.41, 5.74) is 2.12. The van der Waals surface area contributed by atoms with E-state index in [-0.39, 0.29) is 51.2 Å². The number of aliphatic hydroxyl groups excluding tert-OH is 1. The molecular weight excluding hydrogens is 1490 g/mol. The Morgan fingerprint density at radius 2 is 0.469 bits per heavy atom. The summed E-state index contributed by atoms with van der Waals surface area (Å²) in [6.45, 7) is 1.67. The third-order valence-electron chi connectivity index (χ3n) is 12.9. The van der Waals surface area contributed by atoms with Gasteiger partial charge in [0.1, 0.15) is 0 Å². The molecule has 521 valence electrons. The number of hydrogen-bond acceptors (Lipinski definition) is 25. The average Bonchev–Trinajstić information content (AvgIpc) is 1.42. The molecule has 0 bridgehead atoms. The van der Waals surface area contributed by atoms with Gasteiger partial charge in [-0.3, -0.25) is 15.0 Å². The molecule has 98 heavy (non-hydrogen) atoms. The van der Waals surface area contributed by atoms with Gasteiger partial charge in [-0.25, -0.2) is 70.0 Å². The Labute approximate surface area is 599 Å². The Balaban J connectivity index is 0.000000337.